The molecule has 3 aromatic rings. The summed E-state index contributed by atoms with van der Waals surface area (Å²) < 4.78 is 1.77. The molecule has 0 unspecified atom stereocenters. The Morgan fingerprint density at radius 2 is 2.19 bits per heavy atom. The van der Waals surface area contributed by atoms with Crippen molar-refractivity contribution < 1.29 is 0 Å². The van der Waals surface area contributed by atoms with Gasteiger partial charge in [0.05, 0.1) is 11.6 Å². The Hall–Kier alpha value is -2.15. The van der Waals surface area contributed by atoms with Crippen LogP contribution in [-0.4, -0.2) is 32.8 Å². The summed E-state index contributed by atoms with van der Waals surface area (Å²) in [4.78, 5) is 10.4. The van der Waals surface area contributed by atoms with Crippen LogP contribution in [0.15, 0.2) is 23.7 Å². The molecule has 0 fully saturated rings. The zero-order chi connectivity index (χ0) is 14.7. The van der Waals surface area contributed by atoms with Gasteiger partial charge in [-0.1, -0.05) is 6.07 Å². The maximum atomic E-state index is 4.54. The maximum Gasteiger partial charge on any atom is 0.226 e. The van der Waals surface area contributed by atoms with E-state index in [1.54, 1.807) is 22.2 Å². The van der Waals surface area contributed by atoms with Gasteiger partial charge in [-0.15, -0.1) is 11.3 Å². The molecule has 0 bridgehead atoms. The molecule has 7 heteroatoms. The second-order valence-electron chi connectivity index (χ2n) is 4.69. The third-order valence-corrected chi connectivity index (χ3v) is 4.11. The summed E-state index contributed by atoms with van der Waals surface area (Å²) >= 11 is 1.78. The summed E-state index contributed by atoms with van der Waals surface area (Å²) in [5, 5.41) is 13.9. The number of aryl methyl sites for hydroxylation is 1. The highest BCUT2D eigenvalue weighted by molar-refractivity contribution is 7.09. The van der Waals surface area contributed by atoms with Crippen molar-refractivity contribution in [2.75, 3.05) is 23.7 Å². The molecule has 0 radical (unpaired) electrons. The fraction of sp³-hybridized carbons (Fsp3) is 0.357. The number of aromatic nitrogens is 4. The highest BCUT2D eigenvalue weighted by atomic mass is 32.1. The molecule has 0 saturated carbocycles. The van der Waals surface area contributed by atoms with Gasteiger partial charge in [-0.05, 0) is 24.8 Å². The van der Waals surface area contributed by atoms with E-state index in [0.717, 1.165) is 36.4 Å². The SMILES string of the molecule is CCNc1nc(NCCc2cccs2)c2cnn(C)c2n1. The second-order valence-corrected chi connectivity index (χ2v) is 5.72. The Bertz CT molecular complexity index is 718. The Morgan fingerprint density at radius 1 is 1.29 bits per heavy atom. The molecule has 3 rings (SSSR count). The molecule has 3 aromatic heterocycles. The molecule has 0 aliphatic carbocycles. The van der Waals surface area contributed by atoms with Crippen LogP contribution in [0.3, 0.4) is 0 Å². The number of nitrogens with one attached hydrogen (secondary N) is 2. The average molecular weight is 302 g/mol. The van der Waals surface area contributed by atoms with Gasteiger partial charge in [0.15, 0.2) is 5.65 Å². The van der Waals surface area contributed by atoms with Gasteiger partial charge in [0.1, 0.15) is 5.82 Å². The first-order chi connectivity index (χ1) is 10.3. The van der Waals surface area contributed by atoms with Crippen molar-refractivity contribution in [1.82, 2.24) is 19.7 Å². The molecule has 0 atom stereocenters. The highest BCUT2D eigenvalue weighted by Gasteiger charge is 2.10. The van der Waals surface area contributed by atoms with E-state index >= 15 is 0 Å². The lowest BCUT2D eigenvalue weighted by atomic mass is 10.3. The van der Waals surface area contributed by atoms with Crippen molar-refractivity contribution in [1.29, 1.82) is 0 Å². The number of thiophene rings is 1. The quantitative estimate of drug-likeness (QED) is 0.732. The molecule has 0 aliphatic rings. The predicted molar refractivity (Wildman–Crippen MR) is 87.0 cm³/mol. The van der Waals surface area contributed by atoms with Crippen molar-refractivity contribution in [3.8, 4) is 0 Å². The van der Waals surface area contributed by atoms with Gasteiger partial charge in [0.25, 0.3) is 0 Å². The Kier molecular flexibility index (Phi) is 4.01. The largest absolute Gasteiger partial charge is 0.369 e. The van der Waals surface area contributed by atoms with Crippen LogP contribution >= 0.6 is 11.3 Å². The first kappa shape index (κ1) is 13.8. The number of nitrogens with zero attached hydrogens (tertiary/aromatic N) is 4. The molecule has 0 amide bonds. The summed E-state index contributed by atoms with van der Waals surface area (Å²) in [5.41, 5.74) is 0.833. The first-order valence-electron chi connectivity index (χ1n) is 6.98. The van der Waals surface area contributed by atoms with Gasteiger partial charge in [0.2, 0.25) is 5.95 Å². The normalized spacial score (nSPS) is 11.0. The van der Waals surface area contributed by atoms with Gasteiger partial charge in [0, 0.05) is 25.0 Å². The minimum atomic E-state index is 0.632. The third-order valence-electron chi connectivity index (χ3n) is 3.17. The number of rotatable bonds is 6. The maximum absolute atomic E-state index is 4.54. The number of hydrogen-bond donors (Lipinski definition) is 2. The topological polar surface area (TPSA) is 67.7 Å². The van der Waals surface area contributed by atoms with Gasteiger partial charge in [-0.25, -0.2) is 0 Å². The minimum Gasteiger partial charge on any atom is -0.369 e. The molecule has 0 aromatic carbocycles. The lowest BCUT2D eigenvalue weighted by molar-refractivity contribution is 0.785. The summed E-state index contributed by atoms with van der Waals surface area (Å²) in [5.74, 6) is 1.47. The Labute approximate surface area is 127 Å². The van der Waals surface area contributed by atoms with Crippen molar-refractivity contribution in [3.63, 3.8) is 0 Å². The monoisotopic (exact) mass is 302 g/mol. The van der Waals surface area contributed by atoms with Gasteiger partial charge in [-0.3, -0.25) is 4.68 Å². The van der Waals surface area contributed by atoms with Crippen LogP contribution < -0.4 is 10.6 Å². The molecule has 0 spiro atoms. The molecular formula is C14H18N6S. The van der Waals surface area contributed by atoms with Crippen LogP contribution in [-0.2, 0) is 13.5 Å². The highest BCUT2D eigenvalue weighted by Crippen LogP contribution is 2.21. The van der Waals surface area contributed by atoms with Crippen LogP contribution in [0.5, 0.6) is 0 Å². The lowest BCUT2D eigenvalue weighted by Gasteiger charge is -2.09. The van der Waals surface area contributed by atoms with Crippen molar-refractivity contribution in [3.05, 3.63) is 28.6 Å². The predicted octanol–water partition coefficient (Wildman–Crippen LogP) is 2.51. The van der Waals surface area contributed by atoms with Gasteiger partial charge < -0.3 is 10.6 Å². The summed E-state index contributed by atoms with van der Waals surface area (Å²) in [7, 11) is 1.89. The van der Waals surface area contributed by atoms with Gasteiger partial charge >= 0.3 is 0 Å². The van der Waals surface area contributed by atoms with E-state index in [0.29, 0.717) is 5.95 Å². The molecule has 2 N–H and O–H groups in total. The van der Waals surface area contributed by atoms with E-state index in [9.17, 15) is 0 Å². The summed E-state index contributed by atoms with van der Waals surface area (Å²) in [6.45, 7) is 3.66. The zero-order valence-corrected chi connectivity index (χ0v) is 12.9. The third kappa shape index (κ3) is 2.97. The smallest absolute Gasteiger partial charge is 0.226 e. The molecule has 21 heavy (non-hydrogen) atoms. The molecule has 3 heterocycles. The van der Waals surface area contributed by atoms with Gasteiger partial charge in [-0.2, -0.15) is 15.1 Å². The van der Waals surface area contributed by atoms with E-state index in [1.165, 1.54) is 4.88 Å². The Morgan fingerprint density at radius 3 is 2.95 bits per heavy atom. The van der Waals surface area contributed by atoms with E-state index in [-0.39, 0.29) is 0 Å². The van der Waals surface area contributed by atoms with Crippen molar-refractivity contribution in [2.24, 2.45) is 7.05 Å². The van der Waals surface area contributed by atoms with E-state index in [4.69, 9.17) is 0 Å². The average Bonchev–Trinajstić information content (AvgIpc) is 3.10. The van der Waals surface area contributed by atoms with Crippen LogP contribution in [0.1, 0.15) is 11.8 Å². The number of hydrogen-bond acceptors (Lipinski definition) is 6. The summed E-state index contributed by atoms with van der Waals surface area (Å²) in [6, 6.07) is 4.23. The molecule has 0 saturated heterocycles. The fourth-order valence-electron chi connectivity index (χ4n) is 2.15. The molecule has 6 nitrogen and oxygen atoms in total. The van der Waals surface area contributed by atoms with E-state index in [1.807, 2.05) is 14.0 Å². The zero-order valence-electron chi connectivity index (χ0n) is 12.1. The van der Waals surface area contributed by atoms with Crippen LogP contribution in [0.25, 0.3) is 11.0 Å². The van der Waals surface area contributed by atoms with Crippen LogP contribution in [0, 0.1) is 0 Å². The fourth-order valence-corrected chi connectivity index (χ4v) is 2.86. The molecule has 0 aliphatic heterocycles. The van der Waals surface area contributed by atoms with E-state index in [2.05, 4.69) is 43.2 Å². The number of fused-ring (bicyclic) bond motifs is 1. The van der Waals surface area contributed by atoms with Crippen LogP contribution in [0.4, 0.5) is 11.8 Å². The van der Waals surface area contributed by atoms with E-state index < -0.39 is 0 Å². The van der Waals surface area contributed by atoms with Crippen LogP contribution in [0.2, 0.25) is 0 Å². The molecule has 110 valence electrons. The standard InChI is InChI=1S/C14H18N6S/c1-3-15-14-18-12(11-9-17-20(2)13(11)19-14)16-7-6-10-5-4-8-21-10/h4-5,8-9H,3,6-7H2,1-2H3,(H2,15,16,18,19). The van der Waals surface area contributed by atoms with Crippen molar-refractivity contribution in [2.45, 2.75) is 13.3 Å². The Balaban J connectivity index is 1.82. The lowest BCUT2D eigenvalue weighted by Crippen LogP contribution is -2.10. The van der Waals surface area contributed by atoms with Crippen molar-refractivity contribution >= 4 is 34.1 Å². The number of anilines is 2. The summed E-state index contributed by atoms with van der Waals surface area (Å²) in [6.07, 6.45) is 2.79. The minimum absolute atomic E-state index is 0.632. The second kappa shape index (κ2) is 6.09. The first-order valence-corrected chi connectivity index (χ1v) is 7.85. The molecular weight excluding hydrogens is 284 g/mol.